The summed E-state index contributed by atoms with van der Waals surface area (Å²) in [4.78, 5) is 1.34. The molecule has 0 aliphatic carbocycles. The summed E-state index contributed by atoms with van der Waals surface area (Å²) >= 11 is 5.38. The summed E-state index contributed by atoms with van der Waals surface area (Å²) in [5.41, 5.74) is 0.833. The van der Waals surface area contributed by atoms with E-state index < -0.39 is 0 Å². The first-order chi connectivity index (χ1) is 9.27. The van der Waals surface area contributed by atoms with Crippen LogP contribution in [0.2, 0.25) is 0 Å². The third-order valence-corrected chi connectivity index (χ3v) is 5.77. The summed E-state index contributed by atoms with van der Waals surface area (Å²) in [6.07, 6.45) is 1.05. The van der Waals surface area contributed by atoms with Crippen molar-refractivity contribution in [2.24, 2.45) is 0 Å². The van der Waals surface area contributed by atoms with Gasteiger partial charge in [-0.05, 0) is 52.0 Å². The van der Waals surface area contributed by atoms with Gasteiger partial charge in [0.25, 0.3) is 0 Å². The second kappa shape index (κ2) is 5.73. The number of piperidine rings is 1. The van der Waals surface area contributed by atoms with Gasteiger partial charge in [0, 0.05) is 27.7 Å². The van der Waals surface area contributed by atoms with Crippen LogP contribution in [0.3, 0.4) is 0 Å². The van der Waals surface area contributed by atoms with Crippen molar-refractivity contribution in [3.63, 3.8) is 0 Å². The summed E-state index contributed by atoms with van der Waals surface area (Å²) in [6, 6.07) is 9.24. The average molecular weight is 340 g/mol. The monoisotopic (exact) mass is 339 g/mol. The molecule has 2 aromatic rings. The molecule has 1 aliphatic rings. The third-order valence-electron chi connectivity index (χ3n) is 3.77. The molecule has 2 heterocycles. The molecule has 19 heavy (non-hydrogen) atoms. The predicted octanol–water partition coefficient (Wildman–Crippen LogP) is 4.51. The van der Waals surface area contributed by atoms with Crippen molar-refractivity contribution < 1.29 is 4.39 Å². The molecule has 100 valence electrons. The van der Waals surface area contributed by atoms with Gasteiger partial charge in [-0.25, -0.2) is 4.39 Å². The van der Waals surface area contributed by atoms with E-state index in [1.807, 2.05) is 12.1 Å². The highest BCUT2D eigenvalue weighted by atomic mass is 79.9. The van der Waals surface area contributed by atoms with Crippen LogP contribution in [0.15, 0.2) is 40.2 Å². The molecule has 0 saturated carbocycles. The molecule has 3 rings (SSSR count). The van der Waals surface area contributed by atoms with Crippen molar-refractivity contribution in [3.8, 4) is 0 Å². The van der Waals surface area contributed by atoms with Crippen LogP contribution in [0, 0.1) is 5.82 Å². The predicted molar refractivity (Wildman–Crippen MR) is 81.4 cm³/mol. The number of hydrogen-bond acceptors (Lipinski definition) is 2. The Balaban J connectivity index is 1.98. The lowest BCUT2D eigenvalue weighted by atomic mass is 9.80. The third kappa shape index (κ3) is 2.62. The fourth-order valence-corrected chi connectivity index (χ4v) is 4.71. The highest BCUT2D eigenvalue weighted by Gasteiger charge is 2.31. The van der Waals surface area contributed by atoms with Gasteiger partial charge in [0.05, 0.1) is 0 Å². The maximum absolute atomic E-state index is 14.1. The lowest BCUT2D eigenvalue weighted by Crippen LogP contribution is -2.34. The average Bonchev–Trinajstić information content (AvgIpc) is 2.86. The number of halogens is 2. The molecular formula is C15H15BrFNS. The zero-order valence-corrected chi connectivity index (χ0v) is 12.8. The highest BCUT2D eigenvalue weighted by molar-refractivity contribution is 9.10. The fraction of sp³-hybridized carbons (Fsp3) is 0.333. The van der Waals surface area contributed by atoms with Gasteiger partial charge in [0.2, 0.25) is 0 Å². The molecule has 0 spiro atoms. The topological polar surface area (TPSA) is 12.0 Å². The molecule has 1 saturated heterocycles. The number of nitrogens with one attached hydrogen (secondary N) is 1. The molecule has 1 aromatic carbocycles. The van der Waals surface area contributed by atoms with Gasteiger partial charge >= 0.3 is 0 Å². The van der Waals surface area contributed by atoms with Gasteiger partial charge in [0.1, 0.15) is 5.82 Å². The van der Waals surface area contributed by atoms with E-state index in [-0.39, 0.29) is 11.7 Å². The van der Waals surface area contributed by atoms with Crippen LogP contribution >= 0.6 is 27.3 Å². The van der Waals surface area contributed by atoms with Crippen LogP contribution < -0.4 is 5.32 Å². The van der Waals surface area contributed by atoms with Crippen LogP contribution in [-0.4, -0.2) is 13.1 Å². The van der Waals surface area contributed by atoms with E-state index >= 15 is 0 Å². The molecule has 1 aromatic heterocycles. The van der Waals surface area contributed by atoms with E-state index in [9.17, 15) is 4.39 Å². The van der Waals surface area contributed by atoms with E-state index in [4.69, 9.17) is 0 Å². The highest BCUT2D eigenvalue weighted by Crippen LogP contribution is 2.43. The molecule has 0 bridgehead atoms. The van der Waals surface area contributed by atoms with Gasteiger partial charge < -0.3 is 5.32 Å². The van der Waals surface area contributed by atoms with Gasteiger partial charge in [-0.3, -0.25) is 0 Å². The van der Waals surface area contributed by atoms with Crippen molar-refractivity contribution in [2.75, 3.05) is 13.1 Å². The Labute approximate surface area is 125 Å². The Morgan fingerprint density at radius 1 is 1.21 bits per heavy atom. The fourth-order valence-electron chi connectivity index (χ4n) is 2.84. The van der Waals surface area contributed by atoms with E-state index in [0.717, 1.165) is 29.5 Å². The largest absolute Gasteiger partial charge is 0.316 e. The molecule has 1 fully saturated rings. The van der Waals surface area contributed by atoms with Gasteiger partial charge in [-0.15, -0.1) is 11.3 Å². The van der Waals surface area contributed by atoms with Crippen molar-refractivity contribution in [3.05, 3.63) is 56.4 Å². The quantitative estimate of drug-likeness (QED) is 0.848. The van der Waals surface area contributed by atoms with Crippen molar-refractivity contribution in [1.82, 2.24) is 5.32 Å². The van der Waals surface area contributed by atoms with E-state index in [0.29, 0.717) is 5.92 Å². The van der Waals surface area contributed by atoms with Crippen molar-refractivity contribution >= 4 is 27.3 Å². The normalized spacial score (nSPS) is 23.5. The molecule has 1 nitrogen and oxygen atoms in total. The minimum absolute atomic E-state index is 0.0890. The summed E-state index contributed by atoms with van der Waals surface area (Å²) in [6.45, 7) is 1.84. The Hall–Kier alpha value is -0.710. The van der Waals surface area contributed by atoms with Crippen molar-refractivity contribution in [2.45, 2.75) is 18.3 Å². The lowest BCUT2D eigenvalue weighted by Gasteiger charge is -2.32. The van der Waals surface area contributed by atoms with Crippen LogP contribution in [0.1, 0.15) is 28.7 Å². The Morgan fingerprint density at radius 2 is 2.05 bits per heavy atom. The Kier molecular flexibility index (Phi) is 4.01. The first kappa shape index (κ1) is 13.3. The second-order valence-corrected chi connectivity index (χ2v) is 6.66. The molecule has 1 N–H and O–H groups in total. The zero-order chi connectivity index (χ0) is 13.2. The van der Waals surface area contributed by atoms with Crippen LogP contribution in [0.4, 0.5) is 4.39 Å². The second-order valence-electron chi connectivity index (χ2n) is 4.86. The van der Waals surface area contributed by atoms with Crippen LogP contribution in [0.25, 0.3) is 0 Å². The van der Waals surface area contributed by atoms with E-state index in [1.54, 1.807) is 23.5 Å². The zero-order valence-electron chi connectivity index (χ0n) is 10.4. The number of hydrogen-bond donors (Lipinski definition) is 1. The van der Waals surface area contributed by atoms with Crippen LogP contribution in [0.5, 0.6) is 0 Å². The molecule has 1 aliphatic heterocycles. The Morgan fingerprint density at radius 3 is 2.79 bits per heavy atom. The minimum atomic E-state index is -0.0890. The summed E-state index contributed by atoms with van der Waals surface area (Å²) in [7, 11) is 0. The maximum Gasteiger partial charge on any atom is 0.126 e. The standard InChI is InChI=1S/C15H15BrFNS/c16-13-6-8-19-15(13)11-5-7-18-9-12(11)10-3-1-2-4-14(10)17/h1-4,6,8,11-12,18H,5,7,9H2. The summed E-state index contributed by atoms with van der Waals surface area (Å²) in [5, 5.41) is 5.49. The molecule has 4 heteroatoms. The Bertz CT molecular complexity index is 569. The lowest BCUT2D eigenvalue weighted by molar-refractivity contribution is 0.397. The summed E-state index contributed by atoms with van der Waals surface area (Å²) in [5.74, 6) is 0.520. The van der Waals surface area contributed by atoms with E-state index in [2.05, 4.69) is 32.7 Å². The van der Waals surface area contributed by atoms with Gasteiger partial charge in [-0.1, -0.05) is 18.2 Å². The van der Waals surface area contributed by atoms with E-state index in [1.165, 1.54) is 4.88 Å². The van der Waals surface area contributed by atoms with Gasteiger partial charge in [0.15, 0.2) is 0 Å². The molecule has 0 amide bonds. The van der Waals surface area contributed by atoms with Gasteiger partial charge in [-0.2, -0.15) is 0 Å². The maximum atomic E-state index is 14.1. The first-order valence-corrected chi connectivity index (χ1v) is 8.12. The van der Waals surface area contributed by atoms with Crippen molar-refractivity contribution in [1.29, 1.82) is 0 Å². The molecule has 2 unspecified atom stereocenters. The van der Waals surface area contributed by atoms with Crippen LogP contribution in [-0.2, 0) is 0 Å². The smallest absolute Gasteiger partial charge is 0.126 e. The SMILES string of the molecule is Fc1ccccc1C1CNCCC1c1sccc1Br. The number of benzene rings is 1. The first-order valence-electron chi connectivity index (χ1n) is 6.45. The summed E-state index contributed by atoms with van der Waals surface area (Å²) < 4.78 is 15.2. The molecule has 0 radical (unpaired) electrons. The number of rotatable bonds is 2. The number of thiophene rings is 1. The minimum Gasteiger partial charge on any atom is -0.316 e. The molecule has 2 atom stereocenters. The molecular weight excluding hydrogens is 325 g/mol.